The summed E-state index contributed by atoms with van der Waals surface area (Å²) in [6.07, 6.45) is 2.23. The molecule has 1 aromatic carbocycles. The molecule has 1 N–H and O–H groups in total. The lowest BCUT2D eigenvalue weighted by atomic mass is 10.2. The maximum atomic E-state index is 4.70. The zero-order valence-electron chi connectivity index (χ0n) is 11.7. The van der Waals surface area contributed by atoms with Crippen LogP contribution in [0.25, 0.3) is 11.3 Å². The molecule has 1 aromatic heterocycles. The molecule has 0 spiro atoms. The van der Waals surface area contributed by atoms with E-state index in [1.165, 1.54) is 10.6 Å². The van der Waals surface area contributed by atoms with Gasteiger partial charge in [-0.25, -0.2) is 4.98 Å². The van der Waals surface area contributed by atoms with E-state index in [0.717, 1.165) is 37.5 Å². The number of benzene rings is 1. The van der Waals surface area contributed by atoms with Crippen LogP contribution in [0, 0.1) is 5.92 Å². The second-order valence-corrected chi connectivity index (χ2v) is 6.14. The highest BCUT2D eigenvalue weighted by atomic mass is 32.1. The maximum Gasteiger partial charge on any atom is 0.0933 e. The van der Waals surface area contributed by atoms with Crippen molar-refractivity contribution < 1.29 is 0 Å². The molecule has 0 aliphatic rings. The van der Waals surface area contributed by atoms with Crippen molar-refractivity contribution in [2.75, 3.05) is 13.1 Å². The summed E-state index contributed by atoms with van der Waals surface area (Å²) < 4.78 is 0. The molecule has 0 aliphatic carbocycles. The van der Waals surface area contributed by atoms with Crippen LogP contribution in [0.1, 0.15) is 25.3 Å². The zero-order chi connectivity index (χ0) is 13.5. The molecule has 0 bridgehead atoms. The number of aromatic nitrogens is 1. The van der Waals surface area contributed by atoms with Crippen LogP contribution in [0.4, 0.5) is 0 Å². The third-order valence-electron chi connectivity index (χ3n) is 2.92. The quantitative estimate of drug-likeness (QED) is 0.772. The van der Waals surface area contributed by atoms with Gasteiger partial charge in [0.2, 0.25) is 0 Å². The van der Waals surface area contributed by atoms with Crippen LogP contribution in [-0.2, 0) is 6.42 Å². The molecule has 0 saturated heterocycles. The van der Waals surface area contributed by atoms with Crippen molar-refractivity contribution >= 4 is 11.3 Å². The second-order valence-electron chi connectivity index (χ2n) is 5.19. The Balaban J connectivity index is 1.78. The van der Waals surface area contributed by atoms with Gasteiger partial charge in [-0.3, -0.25) is 0 Å². The zero-order valence-corrected chi connectivity index (χ0v) is 12.5. The predicted molar refractivity (Wildman–Crippen MR) is 83.6 cm³/mol. The SMILES string of the molecule is CC(C)CNCCCc1nc(-c2ccccc2)cs1. The van der Waals surface area contributed by atoms with Gasteiger partial charge in [0.05, 0.1) is 10.7 Å². The van der Waals surface area contributed by atoms with Gasteiger partial charge >= 0.3 is 0 Å². The third-order valence-corrected chi connectivity index (χ3v) is 3.83. The minimum absolute atomic E-state index is 0.726. The predicted octanol–water partition coefficient (Wildman–Crippen LogP) is 3.99. The Bertz CT molecular complexity index is 477. The summed E-state index contributed by atoms with van der Waals surface area (Å²) in [6.45, 7) is 6.66. The highest BCUT2D eigenvalue weighted by Gasteiger charge is 2.03. The first-order valence-electron chi connectivity index (χ1n) is 6.96. The molecule has 0 atom stereocenters. The average Bonchev–Trinajstić information content (AvgIpc) is 2.88. The first kappa shape index (κ1) is 14.2. The Hall–Kier alpha value is -1.19. The van der Waals surface area contributed by atoms with Crippen molar-refractivity contribution in [3.05, 3.63) is 40.7 Å². The van der Waals surface area contributed by atoms with Gasteiger partial charge in [-0.1, -0.05) is 44.2 Å². The summed E-state index contributed by atoms with van der Waals surface area (Å²) >= 11 is 1.77. The van der Waals surface area contributed by atoms with Crippen LogP contribution in [0.5, 0.6) is 0 Å². The van der Waals surface area contributed by atoms with Crippen molar-refractivity contribution in [1.29, 1.82) is 0 Å². The molecule has 1 heterocycles. The third kappa shape index (κ3) is 4.77. The molecule has 0 radical (unpaired) electrons. The molecule has 19 heavy (non-hydrogen) atoms. The molecule has 3 heteroatoms. The minimum atomic E-state index is 0.726. The molecule has 0 amide bonds. The van der Waals surface area contributed by atoms with E-state index in [-0.39, 0.29) is 0 Å². The largest absolute Gasteiger partial charge is 0.316 e. The number of thiazole rings is 1. The molecular weight excluding hydrogens is 252 g/mol. The van der Waals surface area contributed by atoms with E-state index in [2.05, 4.69) is 48.8 Å². The number of aryl methyl sites for hydroxylation is 1. The van der Waals surface area contributed by atoms with E-state index in [9.17, 15) is 0 Å². The molecule has 0 saturated carbocycles. The summed E-state index contributed by atoms with van der Waals surface area (Å²) in [7, 11) is 0. The fourth-order valence-corrected chi connectivity index (χ4v) is 2.77. The summed E-state index contributed by atoms with van der Waals surface area (Å²) in [5, 5.41) is 6.87. The van der Waals surface area contributed by atoms with Gasteiger partial charge in [0.1, 0.15) is 0 Å². The highest BCUT2D eigenvalue weighted by molar-refractivity contribution is 7.09. The van der Waals surface area contributed by atoms with E-state index in [1.807, 2.05) is 6.07 Å². The highest BCUT2D eigenvalue weighted by Crippen LogP contribution is 2.22. The van der Waals surface area contributed by atoms with E-state index < -0.39 is 0 Å². The van der Waals surface area contributed by atoms with Crippen LogP contribution in [0.15, 0.2) is 35.7 Å². The van der Waals surface area contributed by atoms with Crippen LogP contribution < -0.4 is 5.32 Å². The maximum absolute atomic E-state index is 4.70. The summed E-state index contributed by atoms with van der Waals surface area (Å²) in [5.41, 5.74) is 2.32. The molecule has 2 nitrogen and oxygen atoms in total. The fraction of sp³-hybridized carbons (Fsp3) is 0.438. The number of nitrogens with zero attached hydrogens (tertiary/aromatic N) is 1. The molecule has 0 fully saturated rings. The second kappa shape index (κ2) is 7.41. The first-order valence-corrected chi connectivity index (χ1v) is 7.84. The van der Waals surface area contributed by atoms with Crippen molar-refractivity contribution in [3.8, 4) is 11.3 Å². The van der Waals surface area contributed by atoms with E-state index in [1.54, 1.807) is 11.3 Å². The van der Waals surface area contributed by atoms with Crippen molar-refractivity contribution in [2.45, 2.75) is 26.7 Å². The van der Waals surface area contributed by atoms with E-state index >= 15 is 0 Å². The fourth-order valence-electron chi connectivity index (χ4n) is 1.92. The Morgan fingerprint density at radius 2 is 2.00 bits per heavy atom. The lowest BCUT2D eigenvalue weighted by Crippen LogP contribution is -2.21. The molecule has 0 aliphatic heterocycles. The Kier molecular flexibility index (Phi) is 5.55. The summed E-state index contributed by atoms with van der Waals surface area (Å²) in [5.74, 6) is 0.726. The summed E-state index contributed by atoms with van der Waals surface area (Å²) in [4.78, 5) is 4.70. The van der Waals surface area contributed by atoms with Crippen LogP contribution in [0.3, 0.4) is 0 Å². The average molecular weight is 274 g/mol. The molecule has 0 unspecified atom stereocenters. The van der Waals surface area contributed by atoms with Gasteiger partial charge < -0.3 is 5.32 Å². The van der Waals surface area contributed by atoms with Gasteiger partial charge in [0.25, 0.3) is 0 Å². The molecule has 2 aromatic rings. The minimum Gasteiger partial charge on any atom is -0.316 e. The topological polar surface area (TPSA) is 24.9 Å². The van der Waals surface area contributed by atoms with E-state index in [4.69, 9.17) is 4.98 Å². The van der Waals surface area contributed by atoms with Gasteiger partial charge in [-0.15, -0.1) is 11.3 Å². The van der Waals surface area contributed by atoms with Gasteiger partial charge in [-0.2, -0.15) is 0 Å². The van der Waals surface area contributed by atoms with Crippen molar-refractivity contribution in [1.82, 2.24) is 10.3 Å². The molecule has 102 valence electrons. The number of rotatable bonds is 7. The smallest absolute Gasteiger partial charge is 0.0933 e. The van der Waals surface area contributed by atoms with Gasteiger partial charge in [-0.05, 0) is 25.4 Å². The normalized spacial score (nSPS) is 11.1. The Labute approximate surface area is 119 Å². The van der Waals surface area contributed by atoms with Gasteiger partial charge in [0, 0.05) is 17.4 Å². The van der Waals surface area contributed by atoms with Gasteiger partial charge in [0.15, 0.2) is 0 Å². The lowest BCUT2D eigenvalue weighted by molar-refractivity contribution is 0.543. The van der Waals surface area contributed by atoms with Crippen LogP contribution >= 0.6 is 11.3 Å². The standard InChI is InChI=1S/C16H22N2S/c1-13(2)11-17-10-6-9-16-18-15(12-19-16)14-7-4-3-5-8-14/h3-5,7-8,12-13,17H,6,9-11H2,1-2H3. The van der Waals surface area contributed by atoms with Crippen molar-refractivity contribution in [2.24, 2.45) is 5.92 Å². The number of hydrogen-bond acceptors (Lipinski definition) is 3. The van der Waals surface area contributed by atoms with Crippen molar-refractivity contribution in [3.63, 3.8) is 0 Å². The van der Waals surface area contributed by atoms with Crippen LogP contribution in [-0.4, -0.2) is 18.1 Å². The first-order chi connectivity index (χ1) is 9.25. The molecule has 2 rings (SSSR count). The van der Waals surface area contributed by atoms with E-state index in [0.29, 0.717) is 0 Å². The summed E-state index contributed by atoms with van der Waals surface area (Å²) in [6, 6.07) is 10.4. The number of nitrogens with one attached hydrogen (secondary N) is 1. The monoisotopic (exact) mass is 274 g/mol. The molecular formula is C16H22N2S. The Morgan fingerprint density at radius 3 is 2.74 bits per heavy atom. The lowest BCUT2D eigenvalue weighted by Gasteiger charge is -2.05. The number of hydrogen-bond donors (Lipinski definition) is 1. The Morgan fingerprint density at radius 1 is 1.21 bits per heavy atom. The van der Waals surface area contributed by atoms with Crippen LogP contribution in [0.2, 0.25) is 0 Å².